The van der Waals surface area contributed by atoms with Gasteiger partial charge in [-0.25, -0.2) is 4.39 Å². The van der Waals surface area contributed by atoms with Crippen molar-refractivity contribution in [2.45, 2.75) is 6.42 Å². The molecule has 0 unspecified atom stereocenters. The van der Waals surface area contributed by atoms with Crippen molar-refractivity contribution in [1.82, 2.24) is 10.2 Å². The summed E-state index contributed by atoms with van der Waals surface area (Å²) in [5.74, 6) is -0.539. The van der Waals surface area contributed by atoms with Crippen LogP contribution in [0.3, 0.4) is 0 Å². The number of rotatable bonds is 3. The standard InChI is InChI=1S/C9H7FN4O3/c10-6-2-1-5(7(4-6)14(15)16)3-8-12-13-9(11)17-8/h1-2,4H,3H2,(H2,11,13). The van der Waals surface area contributed by atoms with Crippen LogP contribution in [0.2, 0.25) is 0 Å². The second-order valence-electron chi connectivity index (χ2n) is 3.24. The van der Waals surface area contributed by atoms with Crippen LogP contribution < -0.4 is 5.73 Å². The van der Waals surface area contributed by atoms with Gasteiger partial charge in [-0.05, 0) is 12.1 Å². The number of halogens is 1. The first-order chi connectivity index (χ1) is 8.06. The van der Waals surface area contributed by atoms with E-state index in [0.717, 1.165) is 12.1 Å². The number of nitrogens with two attached hydrogens (primary N) is 1. The Morgan fingerprint density at radius 1 is 1.47 bits per heavy atom. The average molecular weight is 238 g/mol. The first-order valence-corrected chi connectivity index (χ1v) is 4.57. The van der Waals surface area contributed by atoms with Crippen LogP contribution in [0.4, 0.5) is 16.1 Å². The maximum absolute atomic E-state index is 12.9. The van der Waals surface area contributed by atoms with Gasteiger partial charge >= 0.3 is 6.01 Å². The molecule has 0 radical (unpaired) electrons. The van der Waals surface area contributed by atoms with Crippen molar-refractivity contribution < 1.29 is 13.7 Å². The molecule has 88 valence electrons. The molecule has 0 fully saturated rings. The molecule has 0 atom stereocenters. The van der Waals surface area contributed by atoms with Crippen molar-refractivity contribution in [3.05, 3.63) is 45.6 Å². The van der Waals surface area contributed by atoms with Crippen molar-refractivity contribution in [3.63, 3.8) is 0 Å². The van der Waals surface area contributed by atoms with Gasteiger partial charge in [-0.15, -0.1) is 5.10 Å². The van der Waals surface area contributed by atoms with Crippen LogP contribution in [0.1, 0.15) is 11.5 Å². The molecule has 2 aromatic rings. The molecule has 1 aromatic carbocycles. The molecule has 17 heavy (non-hydrogen) atoms. The predicted octanol–water partition coefficient (Wildman–Crippen LogP) is 1.29. The first kappa shape index (κ1) is 11.0. The lowest BCUT2D eigenvalue weighted by Crippen LogP contribution is -1.98. The predicted molar refractivity (Wildman–Crippen MR) is 54.6 cm³/mol. The van der Waals surface area contributed by atoms with E-state index in [2.05, 4.69) is 10.2 Å². The molecule has 0 bridgehead atoms. The number of nitro groups is 1. The van der Waals surface area contributed by atoms with Gasteiger partial charge in [0, 0.05) is 5.56 Å². The summed E-state index contributed by atoms with van der Waals surface area (Å²) in [6.45, 7) is 0. The first-order valence-electron chi connectivity index (χ1n) is 4.57. The average Bonchev–Trinajstić information content (AvgIpc) is 2.66. The monoisotopic (exact) mass is 238 g/mol. The number of benzene rings is 1. The molecular formula is C9H7FN4O3. The van der Waals surface area contributed by atoms with Crippen LogP contribution in [0, 0.1) is 15.9 Å². The quantitative estimate of drug-likeness (QED) is 0.637. The smallest absolute Gasteiger partial charge is 0.312 e. The summed E-state index contributed by atoms with van der Waals surface area (Å²) in [4.78, 5) is 10.0. The highest BCUT2D eigenvalue weighted by Crippen LogP contribution is 2.22. The van der Waals surface area contributed by atoms with Gasteiger partial charge in [0.2, 0.25) is 5.89 Å². The number of hydrogen-bond donors (Lipinski definition) is 1. The zero-order chi connectivity index (χ0) is 12.4. The molecule has 0 spiro atoms. The van der Waals surface area contributed by atoms with E-state index in [9.17, 15) is 14.5 Å². The SMILES string of the molecule is Nc1nnc(Cc2ccc(F)cc2[N+](=O)[O-])o1. The second-order valence-corrected chi connectivity index (χ2v) is 3.24. The lowest BCUT2D eigenvalue weighted by Gasteiger charge is -1.99. The Morgan fingerprint density at radius 3 is 2.82 bits per heavy atom. The van der Waals surface area contributed by atoms with Gasteiger partial charge in [-0.1, -0.05) is 5.10 Å². The number of aromatic nitrogens is 2. The molecule has 7 nitrogen and oxygen atoms in total. The van der Waals surface area contributed by atoms with Gasteiger partial charge in [0.05, 0.1) is 17.4 Å². The van der Waals surface area contributed by atoms with E-state index in [0.29, 0.717) is 0 Å². The minimum absolute atomic E-state index is 0.0286. The zero-order valence-electron chi connectivity index (χ0n) is 8.46. The van der Waals surface area contributed by atoms with Crippen LogP contribution in [0.15, 0.2) is 22.6 Å². The fourth-order valence-electron chi connectivity index (χ4n) is 1.36. The minimum atomic E-state index is -0.675. The Hall–Kier alpha value is -2.51. The molecule has 1 aromatic heterocycles. The van der Waals surface area contributed by atoms with Crippen LogP contribution in [0.5, 0.6) is 0 Å². The molecule has 1 heterocycles. The van der Waals surface area contributed by atoms with E-state index < -0.39 is 10.7 Å². The van der Waals surface area contributed by atoms with E-state index in [4.69, 9.17) is 10.2 Å². The normalized spacial score (nSPS) is 10.4. The highest BCUT2D eigenvalue weighted by Gasteiger charge is 2.17. The number of nitrogen functional groups attached to an aromatic ring is 1. The highest BCUT2D eigenvalue weighted by atomic mass is 19.1. The summed E-state index contributed by atoms with van der Waals surface area (Å²) in [5, 5.41) is 17.7. The van der Waals surface area contributed by atoms with E-state index in [1.54, 1.807) is 0 Å². The van der Waals surface area contributed by atoms with Gasteiger partial charge < -0.3 is 10.2 Å². The molecule has 0 saturated carbocycles. The Labute approximate surface area is 94.2 Å². The maximum atomic E-state index is 12.9. The van der Waals surface area contributed by atoms with Gasteiger partial charge in [0.25, 0.3) is 5.69 Å². The van der Waals surface area contributed by atoms with Gasteiger partial charge in [0.1, 0.15) is 5.82 Å². The summed E-state index contributed by atoms with van der Waals surface area (Å²) in [5.41, 5.74) is 5.17. The number of anilines is 1. The lowest BCUT2D eigenvalue weighted by atomic mass is 10.1. The summed E-state index contributed by atoms with van der Waals surface area (Å²) in [6, 6.07) is 3.15. The second kappa shape index (κ2) is 4.16. The molecule has 2 N–H and O–H groups in total. The van der Waals surface area contributed by atoms with Crippen LogP contribution in [0.25, 0.3) is 0 Å². The fourth-order valence-corrected chi connectivity index (χ4v) is 1.36. The fraction of sp³-hybridized carbons (Fsp3) is 0.111. The van der Waals surface area contributed by atoms with Crippen molar-refractivity contribution in [1.29, 1.82) is 0 Å². The summed E-state index contributed by atoms with van der Waals surface area (Å²) >= 11 is 0. The van der Waals surface area contributed by atoms with Crippen LogP contribution in [-0.4, -0.2) is 15.1 Å². The Bertz CT molecular complexity index is 569. The number of hydrogen-bond acceptors (Lipinski definition) is 6. The summed E-state index contributed by atoms with van der Waals surface area (Å²) < 4.78 is 17.8. The molecule has 0 aliphatic rings. The number of nitro benzene ring substituents is 1. The Kier molecular flexibility index (Phi) is 2.69. The topological polar surface area (TPSA) is 108 Å². The third-order valence-electron chi connectivity index (χ3n) is 2.07. The zero-order valence-corrected chi connectivity index (χ0v) is 8.46. The third-order valence-corrected chi connectivity index (χ3v) is 2.07. The maximum Gasteiger partial charge on any atom is 0.312 e. The van der Waals surface area contributed by atoms with E-state index in [-0.39, 0.29) is 29.6 Å². The van der Waals surface area contributed by atoms with E-state index in [1.165, 1.54) is 6.07 Å². The molecular weight excluding hydrogens is 231 g/mol. The molecule has 0 aliphatic carbocycles. The Balaban J connectivity index is 2.35. The summed E-state index contributed by atoms with van der Waals surface area (Å²) in [7, 11) is 0. The van der Waals surface area contributed by atoms with Crippen molar-refractivity contribution in [3.8, 4) is 0 Å². The highest BCUT2D eigenvalue weighted by molar-refractivity contribution is 5.41. The Morgan fingerprint density at radius 2 is 2.24 bits per heavy atom. The lowest BCUT2D eigenvalue weighted by molar-refractivity contribution is -0.385. The molecule has 0 aliphatic heterocycles. The minimum Gasteiger partial charge on any atom is -0.408 e. The number of nitrogens with zero attached hydrogens (tertiary/aromatic N) is 3. The van der Waals surface area contributed by atoms with Gasteiger partial charge in [-0.2, -0.15) is 0 Å². The van der Waals surface area contributed by atoms with Gasteiger partial charge in [0.15, 0.2) is 0 Å². The largest absolute Gasteiger partial charge is 0.408 e. The van der Waals surface area contributed by atoms with Crippen molar-refractivity contribution in [2.75, 3.05) is 5.73 Å². The van der Waals surface area contributed by atoms with E-state index >= 15 is 0 Å². The summed E-state index contributed by atoms with van der Waals surface area (Å²) in [6.07, 6.45) is 0.0286. The molecule has 0 amide bonds. The molecule has 0 saturated heterocycles. The van der Waals surface area contributed by atoms with Gasteiger partial charge in [-0.3, -0.25) is 10.1 Å². The van der Waals surface area contributed by atoms with Crippen LogP contribution in [-0.2, 0) is 6.42 Å². The third kappa shape index (κ3) is 2.36. The molecule has 2 rings (SSSR count). The van der Waals surface area contributed by atoms with Crippen molar-refractivity contribution >= 4 is 11.7 Å². The van der Waals surface area contributed by atoms with Crippen molar-refractivity contribution in [2.24, 2.45) is 0 Å². The van der Waals surface area contributed by atoms with E-state index in [1.807, 2.05) is 0 Å². The van der Waals surface area contributed by atoms with Crippen LogP contribution >= 0.6 is 0 Å². The molecule has 8 heteroatoms.